The smallest absolute Gasteiger partial charge is 1.00 e. The summed E-state index contributed by atoms with van der Waals surface area (Å²) in [5.41, 5.74) is 14.0. The van der Waals surface area contributed by atoms with E-state index in [1.807, 2.05) is 121 Å². The zero-order valence-electron chi connectivity index (χ0n) is 80.7. The van der Waals surface area contributed by atoms with Gasteiger partial charge in [0.1, 0.15) is 23.0 Å². The molecule has 148 heavy (non-hydrogen) atoms. The van der Waals surface area contributed by atoms with Gasteiger partial charge in [-0.3, -0.25) is 49.8 Å². The van der Waals surface area contributed by atoms with Crippen LogP contribution in [0.4, 0.5) is 40.3 Å². The average Bonchev–Trinajstić information content (AvgIpc) is 1.65. The number of pyridine rings is 8. The molecule has 18 aromatic rings. The van der Waals surface area contributed by atoms with Crippen LogP contribution in [0.3, 0.4) is 0 Å². The molecule has 13 heterocycles. The average molecular weight is 2250 g/mol. The molecule has 1 aliphatic heterocycles. The zero-order chi connectivity index (χ0) is 104. The van der Waals surface area contributed by atoms with E-state index in [1.165, 1.54) is 132 Å². The molecule has 46 heteroatoms. The fourth-order valence-electron chi connectivity index (χ4n) is 12.7. The van der Waals surface area contributed by atoms with Gasteiger partial charge in [0.05, 0.1) is 117 Å². The van der Waals surface area contributed by atoms with Crippen LogP contribution in [0.2, 0.25) is 0 Å². The third kappa shape index (κ3) is 34.5. The Morgan fingerprint density at radius 2 is 0.885 bits per heavy atom. The molecule has 0 bridgehead atoms. The molecule has 751 valence electrons. The maximum atomic E-state index is 14.6. The minimum absolute atomic E-state index is 0. The number of fused-ring (bicyclic) bond motifs is 4. The van der Waals surface area contributed by atoms with Crippen LogP contribution >= 0.6 is 102 Å². The maximum Gasteiger partial charge on any atom is 1.00 e. The number of nitrogen functional groups attached to an aromatic ring is 1. The normalized spacial score (nSPS) is 10.8. The van der Waals surface area contributed by atoms with Crippen LogP contribution in [-0.4, -0.2) is 139 Å². The molecule has 0 unspecified atom stereocenters. The summed E-state index contributed by atoms with van der Waals surface area (Å²) in [5, 5.41) is 46.2. The Morgan fingerprint density at radius 1 is 0.500 bits per heavy atom. The van der Waals surface area contributed by atoms with E-state index in [2.05, 4.69) is 120 Å². The molecular formula is C102H86B2Br2F4N14NaO17S6. The number of methoxy groups -OCH3 is 4. The third-order valence-electron chi connectivity index (χ3n) is 19.9. The molecule has 0 saturated carbocycles. The number of thiocarbonyl (C=S) groups is 2. The topological polar surface area (TPSA) is 410 Å². The molecule has 6 N–H and O–H groups in total. The van der Waals surface area contributed by atoms with Gasteiger partial charge in [0.25, 0.3) is 17.3 Å². The Kier molecular flexibility index (Phi) is 44.8. The van der Waals surface area contributed by atoms with Crippen LogP contribution in [0, 0.1) is 43.5 Å². The molecule has 0 spiro atoms. The van der Waals surface area contributed by atoms with Crippen molar-refractivity contribution in [3.05, 3.63) is 348 Å². The number of nitrogens with one attached hydrogen (secondary N) is 2. The number of thiophene rings is 4. The number of nitrogens with zero attached hydrogens (tertiary/aromatic N) is 11. The van der Waals surface area contributed by atoms with Crippen LogP contribution in [0.25, 0.3) is 61.7 Å². The monoisotopic (exact) mass is 2250 g/mol. The molecule has 3 radical (unpaired) electrons. The first kappa shape index (κ1) is 116. The second-order valence-electron chi connectivity index (χ2n) is 31.2. The van der Waals surface area contributed by atoms with Gasteiger partial charge in [0.15, 0.2) is 51.4 Å². The third-order valence-corrected chi connectivity index (χ3v) is 25.9. The molecule has 31 nitrogen and oxygen atoms in total. The van der Waals surface area contributed by atoms with Crippen molar-refractivity contribution in [1.82, 2.24) is 45.2 Å². The van der Waals surface area contributed by atoms with Crippen LogP contribution in [0.15, 0.2) is 293 Å². The van der Waals surface area contributed by atoms with E-state index in [1.54, 1.807) is 113 Å². The van der Waals surface area contributed by atoms with E-state index in [0.29, 0.717) is 75.3 Å². The Balaban J connectivity index is 0.000000196. The van der Waals surface area contributed by atoms with Crippen molar-refractivity contribution in [2.45, 2.75) is 51.9 Å². The number of nitrogens with two attached hydrogens (primary N) is 1. The molecule has 19 rings (SSSR count). The van der Waals surface area contributed by atoms with Crippen LogP contribution < -0.4 is 89.3 Å². The summed E-state index contributed by atoms with van der Waals surface area (Å²) in [6.45, 7) is 8.49. The van der Waals surface area contributed by atoms with Gasteiger partial charge in [-0.1, -0.05) is 93.6 Å². The zero-order valence-corrected chi connectivity index (χ0v) is 89.8. The summed E-state index contributed by atoms with van der Waals surface area (Å²) in [4.78, 5) is 81.8. The van der Waals surface area contributed by atoms with Crippen molar-refractivity contribution in [2.24, 2.45) is 4.99 Å². The van der Waals surface area contributed by atoms with Gasteiger partial charge in [-0.2, -0.15) is 4.99 Å². The number of nitro benzene ring substituents is 2. The SMILES string of the molecule is C1CCOC1.COc1ccc(-c2cc3nccc(Oc4ccc(N)cc4F)c3s2)cn1.COc1ccc(-c2cc3nccc(Oc4ccc([N+](=O)[O-])cc4F)c3s2)cn1.COc1ccc(B(O)O)cn1.COc1ccc(C(C)(C)C)cn1.O=C(Cc1ccccc1)N=C=S.O=C(Cc1ccccc1)NC(=S)Nc1ccc(Oc2ccnc3cc(Br)sc23)c(F)c1.O=[N+]([O-])c1ccc(Oc2ccnc3cc(Br)sc23)c(F)c1.[B].[H-].[Na+]. The summed E-state index contributed by atoms with van der Waals surface area (Å²) in [5.74, 6) is 0.943. The number of aromatic nitrogens is 8. The first-order chi connectivity index (χ1) is 70.3. The molecule has 12 aromatic heterocycles. The molecule has 6 aromatic carbocycles. The minimum Gasteiger partial charge on any atom is -1.00 e. The minimum atomic E-state index is -1.46. The second kappa shape index (κ2) is 57.3. The van der Waals surface area contributed by atoms with Crippen molar-refractivity contribution in [1.29, 1.82) is 0 Å². The van der Waals surface area contributed by atoms with Crippen molar-refractivity contribution < 1.29 is 121 Å². The van der Waals surface area contributed by atoms with Gasteiger partial charge in [-0.15, -0.1) is 45.3 Å². The molecule has 1 fully saturated rings. The number of halogens is 6. The fourth-order valence-corrected chi connectivity index (χ4v) is 18.1. The number of carbonyl (C=O) groups excluding carboxylic acids is 2. The Morgan fingerprint density at radius 3 is 1.24 bits per heavy atom. The number of rotatable bonds is 22. The number of hydrogen-bond donors (Lipinski definition) is 5. The summed E-state index contributed by atoms with van der Waals surface area (Å²) < 4.78 is 109. The summed E-state index contributed by atoms with van der Waals surface area (Å²) in [6, 6.07) is 62.6. The van der Waals surface area contributed by atoms with Crippen LogP contribution in [0.1, 0.15) is 51.7 Å². The number of aliphatic imine (C=N–C) groups is 1. The number of carbonyl (C=O) groups is 2. The Labute approximate surface area is 914 Å². The van der Waals surface area contributed by atoms with E-state index in [9.17, 15) is 47.4 Å². The van der Waals surface area contributed by atoms with E-state index in [0.717, 1.165) is 100 Å². The summed E-state index contributed by atoms with van der Waals surface area (Å²) in [7, 11) is 4.78. The number of benzene rings is 6. The molecule has 1 aliphatic rings. The van der Waals surface area contributed by atoms with Gasteiger partial charge in [0.2, 0.25) is 29.4 Å². The van der Waals surface area contributed by atoms with Gasteiger partial charge >= 0.3 is 36.7 Å². The number of ether oxygens (including phenoxy) is 9. The Hall–Kier alpha value is -14.1. The number of anilines is 2. The standard InChI is InChI=1S/C22H15BrFN3O2S2.C19H12FN3O4S.C19H14FN3O2S.C13H6BrFN2O3S.C10H15NO.C9H7NOS.C6H8BNO3.C4H8O.B.Na.H/c23-19-12-16-21(31-19)18(8-9-25-16)29-17-7-6-14(11-15(17)24)26-22(30)27-20(28)10-13-4-2-1-3-5-13;1-26-18-5-2-11(10-22-18)17-9-14-19(28-17)16(6-7-21-14)27-15-4-3-12(23(24)25)8-13(15)20;1-24-18-5-2-11(10-23-18)17-9-14-19(26-17)16(6-7-22-14)25-15-4-3-12(21)8-13(15)20;14-12-6-9-13(21-12)11(3-4-16-9)20-10-2-1-7(17(18)19)5-8(10)15;1-10(2,3)8-5-6-9(12-4)11-7-8;11-9(10-7-12)6-8-4-2-1-3-5-8;1-11-6-3-2-5(4-8-6)7(9)10;1-2-4-5-3-1;;;/h1-9,11-12H,10H2,(H2,26,27,28,30);2-10H,1H3;2-10H,21H2,1H3;1-6H;5-7H,1-4H3;1-5H,6H2;2-4,9-10H,1H3;1-4H2;;;/q;;;;;;;;;+1;-1. The van der Waals surface area contributed by atoms with E-state index >= 15 is 0 Å². The fraction of sp³-hybridized carbons (Fsp3) is 0.137. The van der Waals surface area contributed by atoms with Gasteiger partial charge in [-0.05, 0) is 170 Å². The largest absolute Gasteiger partial charge is 1.00 e. The first-order valence-corrected chi connectivity index (χ1v) is 49.0. The first-order valence-electron chi connectivity index (χ1n) is 43.3. The van der Waals surface area contributed by atoms with E-state index in [4.69, 9.17) is 70.6 Å². The summed E-state index contributed by atoms with van der Waals surface area (Å²) >= 11 is 22.0. The molecule has 0 aliphatic carbocycles. The van der Waals surface area contributed by atoms with Crippen molar-refractivity contribution >= 4 is 208 Å². The van der Waals surface area contributed by atoms with Crippen molar-refractivity contribution in [3.8, 4) is 90.4 Å². The second-order valence-corrected chi connectivity index (χ2v) is 38.7. The predicted octanol–water partition coefficient (Wildman–Crippen LogP) is 21.6. The van der Waals surface area contributed by atoms with Crippen molar-refractivity contribution in [3.63, 3.8) is 0 Å². The van der Waals surface area contributed by atoms with Crippen LogP contribution in [0.5, 0.6) is 69.5 Å². The quantitative estimate of drug-likeness (QED) is 0.00800. The Bertz CT molecular complexity index is 7600. The summed E-state index contributed by atoms with van der Waals surface area (Å²) in [6.07, 6.45) is 16.1. The number of nitro groups is 2. The van der Waals surface area contributed by atoms with Gasteiger partial charge in [-0.25, -0.2) is 37.5 Å². The number of hydrogen-bond acceptors (Lipinski definition) is 32. The van der Waals surface area contributed by atoms with Gasteiger partial charge in [0, 0.05) is 176 Å². The van der Waals surface area contributed by atoms with Crippen molar-refractivity contribution in [2.75, 3.05) is 52.7 Å². The molecule has 1 saturated heterocycles. The van der Waals surface area contributed by atoms with E-state index in [-0.39, 0.29) is 103 Å². The molecular weight excluding hydrogens is 2170 g/mol. The van der Waals surface area contributed by atoms with Gasteiger partial charge < -0.3 is 70.5 Å². The molecule has 0 atom stereocenters. The number of amides is 2. The predicted molar refractivity (Wildman–Crippen MR) is 579 cm³/mol. The van der Waals surface area contributed by atoms with Crippen LogP contribution in [-0.2, 0) is 32.6 Å². The molecule has 2 amide bonds. The maximum absolute atomic E-state index is 14.6. The number of non-ortho nitro benzene ring substituents is 2. The van der Waals surface area contributed by atoms with E-state index < -0.39 is 40.2 Å². The number of isothiocyanates is 1.